The Labute approximate surface area is 156 Å². The van der Waals surface area contributed by atoms with E-state index in [2.05, 4.69) is 33.3 Å². The summed E-state index contributed by atoms with van der Waals surface area (Å²) in [4.78, 5) is 12.1. The monoisotopic (exact) mass is 353 g/mol. The van der Waals surface area contributed by atoms with E-state index < -0.39 is 0 Å². The van der Waals surface area contributed by atoms with Crippen molar-refractivity contribution in [3.63, 3.8) is 0 Å². The van der Waals surface area contributed by atoms with Gasteiger partial charge in [-0.15, -0.1) is 0 Å². The fourth-order valence-electron chi connectivity index (χ4n) is 4.56. The fourth-order valence-corrected chi connectivity index (χ4v) is 4.56. The predicted octanol–water partition coefficient (Wildman–Crippen LogP) is 4.17. The molecule has 1 unspecified atom stereocenters. The van der Waals surface area contributed by atoms with E-state index >= 15 is 0 Å². The molecular formula is C21H31N5. The zero-order chi connectivity index (χ0) is 17.6. The first-order valence-electron chi connectivity index (χ1n) is 10.4. The lowest BCUT2D eigenvalue weighted by Crippen LogP contribution is -2.39. The zero-order valence-electron chi connectivity index (χ0n) is 15.8. The molecule has 2 fully saturated rings. The van der Waals surface area contributed by atoms with E-state index in [4.69, 9.17) is 9.97 Å². The van der Waals surface area contributed by atoms with E-state index in [9.17, 15) is 0 Å². The van der Waals surface area contributed by atoms with Crippen LogP contribution in [0.25, 0.3) is 0 Å². The first kappa shape index (κ1) is 17.7. The standard InChI is InChI=1S/C21H31N5/c1-2-7-19(8-3-1)21-22-15-18(16-23-21)17-25-12-5-4-9-20(25)10-14-26-13-6-11-24-26/h6,11,13,15-16,19-20H,1-5,7-10,12,14,17H2. The molecule has 5 nitrogen and oxygen atoms in total. The molecule has 1 atom stereocenters. The molecule has 0 radical (unpaired) electrons. The topological polar surface area (TPSA) is 46.8 Å². The van der Waals surface area contributed by atoms with Gasteiger partial charge >= 0.3 is 0 Å². The van der Waals surface area contributed by atoms with E-state index in [1.165, 1.54) is 69.9 Å². The number of piperidine rings is 1. The first-order chi connectivity index (χ1) is 12.9. The Morgan fingerprint density at radius 2 is 1.77 bits per heavy atom. The average Bonchev–Trinajstić information content (AvgIpc) is 3.22. The third kappa shape index (κ3) is 4.50. The maximum atomic E-state index is 4.73. The van der Waals surface area contributed by atoms with Gasteiger partial charge in [-0.3, -0.25) is 9.58 Å². The van der Waals surface area contributed by atoms with Crippen molar-refractivity contribution in [3.05, 3.63) is 42.2 Å². The molecular weight excluding hydrogens is 322 g/mol. The van der Waals surface area contributed by atoms with Crippen molar-refractivity contribution in [1.82, 2.24) is 24.6 Å². The van der Waals surface area contributed by atoms with E-state index in [-0.39, 0.29) is 0 Å². The second-order valence-electron chi connectivity index (χ2n) is 7.96. The molecule has 2 aromatic rings. The summed E-state index contributed by atoms with van der Waals surface area (Å²) in [5.41, 5.74) is 1.26. The van der Waals surface area contributed by atoms with Crippen LogP contribution in [0.15, 0.2) is 30.9 Å². The van der Waals surface area contributed by atoms with Gasteiger partial charge in [0, 0.05) is 55.4 Å². The van der Waals surface area contributed by atoms with Gasteiger partial charge in [0.15, 0.2) is 0 Å². The highest BCUT2D eigenvalue weighted by Gasteiger charge is 2.23. The van der Waals surface area contributed by atoms with E-state index in [0.29, 0.717) is 12.0 Å². The second-order valence-corrected chi connectivity index (χ2v) is 7.96. The Balaban J connectivity index is 1.34. The molecule has 4 rings (SSSR count). The second kappa shape index (κ2) is 8.76. The van der Waals surface area contributed by atoms with Gasteiger partial charge in [-0.1, -0.05) is 25.7 Å². The van der Waals surface area contributed by atoms with Crippen LogP contribution in [-0.2, 0) is 13.1 Å². The maximum absolute atomic E-state index is 4.73. The van der Waals surface area contributed by atoms with Crippen LogP contribution in [0.4, 0.5) is 0 Å². The quantitative estimate of drug-likeness (QED) is 0.782. The molecule has 1 aliphatic carbocycles. The van der Waals surface area contributed by atoms with Gasteiger partial charge in [0.25, 0.3) is 0 Å². The lowest BCUT2D eigenvalue weighted by molar-refractivity contribution is 0.127. The Morgan fingerprint density at radius 1 is 0.962 bits per heavy atom. The van der Waals surface area contributed by atoms with E-state index in [0.717, 1.165) is 18.9 Å². The van der Waals surface area contributed by atoms with Crippen LogP contribution in [0.3, 0.4) is 0 Å². The molecule has 0 aromatic carbocycles. The van der Waals surface area contributed by atoms with E-state index in [1.807, 2.05) is 12.3 Å². The number of hydrogen-bond acceptors (Lipinski definition) is 4. The largest absolute Gasteiger partial charge is 0.296 e. The maximum Gasteiger partial charge on any atom is 0.131 e. The van der Waals surface area contributed by atoms with Gasteiger partial charge in [0.05, 0.1) is 0 Å². The molecule has 0 bridgehead atoms. The Morgan fingerprint density at radius 3 is 2.54 bits per heavy atom. The van der Waals surface area contributed by atoms with Crippen LogP contribution < -0.4 is 0 Å². The Bertz CT molecular complexity index is 646. The van der Waals surface area contributed by atoms with Gasteiger partial charge in [-0.25, -0.2) is 9.97 Å². The third-order valence-corrected chi connectivity index (χ3v) is 6.08. The summed E-state index contributed by atoms with van der Waals surface area (Å²) >= 11 is 0. The van der Waals surface area contributed by atoms with Crippen molar-refractivity contribution in [1.29, 1.82) is 0 Å². The summed E-state index contributed by atoms with van der Waals surface area (Å²) in [7, 11) is 0. The van der Waals surface area contributed by atoms with Crippen LogP contribution in [-0.4, -0.2) is 37.2 Å². The Hall–Kier alpha value is -1.75. The Kier molecular flexibility index (Phi) is 5.95. The van der Waals surface area contributed by atoms with Crippen molar-refractivity contribution in [2.24, 2.45) is 0 Å². The van der Waals surface area contributed by atoms with Crippen LogP contribution in [0, 0.1) is 0 Å². The van der Waals surface area contributed by atoms with Crippen molar-refractivity contribution >= 4 is 0 Å². The smallest absolute Gasteiger partial charge is 0.131 e. The molecule has 2 aliphatic rings. The summed E-state index contributed by atoms with van der Waals surface area (Å²) in [5, 5.41) is 4.34. The lowest BCUT2D eigenvalue weighted by Gasteiger charge is -2.35. The van der Waals surface area contributed by atoms with Gasteiger partial charge in [0.2, 0.25) is 0 Å². The number of aryl methyl sites for hydroxylation is 1. The van der Waals surface area contributed by atoms with Crippen molar-refractivity contribution in [2.45, 2.75) is 82.8 Å². The predicted molar refractivity (Wildman–Crippen MR) is 103 cm³/mol. The summed E-state index contributed by atoms with van der Waals surface area (Å²) in [6.07, 6.45) is 19.8. The fraction of sp³-hybridized carbons (Fsp3) is 0.667. The summed E-state index contributed by atoms with van der Waals surface area (Å²) in [6, 6.07) is 2.65. The number of hydrogen-bond donors (Lipinski definition) is 0. The van der Waals surface area contributed by atoms with Crippen molar-refractivity contribution < 1.29 is 0 Å². The molecule has 0 amide bonds. The molecule has 1 aliphatic heterocycles. The van der Waals surface area contributed by atoms with Crippen LogP contribution in [0.1, 0.15) is 75.1 Å². The van der Waals surface area contributed by atoms with Crippen molar-refractivity contribution in [2.75, 3.05) is 6.54 Å². The highest BCUT2D eigenvalue weighted by atomic mass is 15.3. The average molecular weight is 354 g/mol. The molecule has 1 saturated carbocycles. The normalized spacial score (nSPS) is 22.5. The molecule has 3 heterocycles. The minimum atomic E-state index is 0.592. The highest BCUT2D eigenvalue weighted by molar-refractivity contribution is 5.08. The summed E-state index contributed by atoms with van der Waals surface area (Å²) < 4.78 is 2.05. The number of aromatic nitrogens is 4. The molecule has 0 N–H and O–H groups in total. The summed E-state index contributed by atoms with van der Waals surface area (Å²) in [6.45, 7) is 3.17. The van der Waals surface area contributed by atoms with Gasteiger partial charge in [-0.05, 0) is 44.7 Å². The first-order valence-corrected chi connectivity index (χ1v) is 10.4. The third-order valence-electron chi connectivity index (χ3n) is 6.08. The van der Waals surface area contributed by atoms with Gasteiger partial charge < -0.3 is 0 Å². The molecule has 2 aromatic heterocycles. The minimum absolute atomic E-state index is 0.592. The van der Waals surface area contributed by atoms with E-state index in [1.54, 1.807) is 0 Å². The lowest BCUT2D eigenvalue weighted by atomic mass is 9.89. The number of likely N-dealkylation sites (tertiary alicyclic amines) is 1. The van der Waals surface area contributed by atoms with Crippen LogP contribution >= 0.6 is 0 Å². The van der Waals surface area contributed by atoms with Crippen molar-refractivity contribution in [3.8, 4) is 0 Å². The SMILES string of the molecule is c1cnn(CCC2CCCCN2Cc2cnc(C3CCCCC3)nc2)c1. The van der Waals surface area contributed by atoms with Gasteiger partial charge in [0.1, 0.15) is 5.82 Å². The number of nitrogens with zero attached hydrogens (tertiary/aromatic N) is 5. The minimum Gasteiger partial charge on any atom is -0.296 e. The zero-order valence-corrected chi connectivity index (χ0v) is 15.8. The van der Waals surface area contributed by atoms with Crippen LogP contribution in [0.2, 0.25) is 0 Å². The molecule has 5 heteroatoms. The highest BCUT2D eigenvalue weighted by Crippen LogP contribution is 2.30. The van der Waals surface area contributed by atoms with Gasteiger partial charge in [-0.2, -0.15) is 5.10 Å². The molecule has 140 valence electrons. The molecule has 1 saturated heterocycles. The van der Waals surface area contributed by atoms with Crippen LogP contribution in [0.5, 0.6) is 0 Å². The number of rotatable bonds is 6. The summed E-state index contributed by atoms with van der Waals surface area (Å²) in [5.74, 6) is 1.66. The molecule has 0 spiro atoms. The molecule has 26 heavy (non-hydrogen) atoms.